The molecule has 0 fully saturated rings. The minimum atomic E-state index is -0.801. The van der Waals surface area contributed by atoms with Crippen molar-refractivity contribution in [3.63, 3.8) is 0 Å². The van der Waals surface area contributed by atoms with Gasteiger partial charge in [-0.2, -0.15) is 0 Å². The fraction of sp³-hybridized carbons (Fsp3) is 0.308. The van der Waals surface area contributed by atoms with Gasteiger partial charge in [-0.15, -0.1) is 0 Å². The van der Waals surface area contributed by atoms with E-state index >= 15 is 0 Å². The van der Waals surface area contributed by atoms with Gasteiger partial charge < -0.3 is 15.5 Å². The van der Waals surface area contributed by atoms with Crippen LogP contribution in [0.15, 0.2) is 45.7 Å². The summed E-state index contributed by atoms with van der Waals surface area (Å²) in [6.45, 7) is 5.69. The predicted molar refractivity (Wildman–Crippen MR) is 144 cm³/mol. The van der Waals surface area contributed by atoms with E-state index in [0.717, 1.165) is 0 Å². The van der Waals surface area contributed by atoms with E-state index in [0.29, 0.717) is 32.9 Å². The van der Waals surface area contributed by atoms with Crippen molar-refractivity contribution in [3.8, 4) is 5.69 Å². The standard InChI is InChI=1S/C26H26BrClFN5O3/c1-13(2)31-26-32-20-12-33(24(36)17-9-10-19(27)21(28)22(17)29)14(3)11-18(20)25(37)34(26)16-7-5-15(6-8-16)23(35)30-4/h5-10,13-14H,11-12H2,1-4H3,(H,30,35)(H,31,32)/t14-/m1/s1. The topological polar surface area (TPSA) is 96.3 Å². The Hall–Kier alpha value is -3.24. The van der Waals surface area contributed by atoms with Gasteiger partial charge in [0, 0.05) is 34.7 Å². The van der Waals surface area contributed by atoms with Gasteiger partial charge in [-0.25, -0.2) is 13.9 Å². The summed E-state index contributed by atoms with van der Waals surface area (Å²) in [4.78, 5) is 45.2. The number of aromatic nitrogens is 2. The molecule has 8 nitrogen and oxygen atoms in total. The van der Waals surface area contributed by atoms with Crippen molar-refractivity contribution in [2.45, 2.75) is 45.8 Å². The number of benzene rings is 2. The maximum absolute atomic E-state index is 14.8. The maximum atomic E-state index is 14.8. The molecule has 37 heavy (non-hydrogen) atoms. The van der Waals surface area contributed by atoms with Crippen LogP contribution in [0.5, 0.6) is 0 Å². The van der Waals surface area contributed by atoms with Crippen molar-refractivity contribution in [2.24, 2.45) is 0 Å². The highest BCUT2D eigenvalue weighted by molar-refractivity contribution is 9.10. The Labute approximate surface area is 227 Å². The van der Waals surface area contributed by atoms with Crippen LogP contribution in [0.25, 0.3) is 5.69 Å². The van der Waals surface area contributed by atoms with E-state index in [9.17, 15) is 18.8 Å². The van der Waals surface area contributed by atoms with Crippen LogP contribution in [0.2, 0.25) is 5.02 Å². The average molecular weight is 591 g/mol. The Morgan fingerprint density at radius 2 is 1.86 bits per heavy atom. The van der Waals surface area contributed by atoms with E-state index in [2.05, 4.69) is 26.6 Å². The van der Waals surface area contributed by atoms with Crippen LogP contribution in [0.4, 0.5) is 10.3 Å². The van der Waals surface area contributed by atoms with Crippen LogP contribution >= 0.6 is 27.5 Å². The van der Waals surface area contributed by atoms with Gasteiger partial charge in [0.15, 0.2) is 5.82 Å². The van der Waals surface area contributed by atoms with Crippen molar-refractivity contribution in [2.75, 3.05) is 12.4 Å². The van der Waals surface area contributed by atoms with Crippen molar-refractivity contribution < 1.29 is 14.0 Å². The summed E-state index contributed by atoms with van der Waals surface area (Å²) >= 11 is 9.17. The van der Waals surface area contributed by atoms with Crippen LogP contribution < -0.4 is 16.2 Å². The lowest BCUT2D eigenvalue weighted by atomic mass is 9.98. The molecule has 0 radical (unpaired) electrons. The van der Waals surface area contributed by atoms with Crippen LogP contribution in [0.3, 0.4) is 0 Å². The summed E-state index contributed by atoms with van der Waals surface area (Å²) in [5.74, 6) is -1.25. The second kappa shape index (κ2) is 10.6. The van der Waals surface area contributed by atoms with Gasteiger partial charge in [-0.1, -0.05) is 11.6 Å². The Kier molecular flexibility index (Phi) is 7.70. The second-order valence-electron chi connectivity index (χ2n) is 9.14. The number of nitrogens with one attached hydrogen (secondary N) is 2. The summed E-state index contributed by atoms with van der Waals surface area (Å²) in [6.07, 6.45) is 0.247. The minimum absolute atomic E-state index is 0.0411. The highest BCUT2D eigenvalue weighted by atomic mass is 79.9. The maximum Gasteiger partial charge on any atom is 0.263 e. The number of hydrogen-bond acceptors (Lipinski definition) is 5. The normalized spacial score (nSPS) is 14.9. The van der Waals surface area contributed by atoms with E-state index in [4.69, 9.17) is 16.6 Å². The Balaban J connectivity index is 1.77. The molecular formula is C26H26BrClFN5O3. The number of nitrogens with zero attached hydrogens (tertiary/aromatic N) is 3. The van der Waals surface area contributed by atoms with Crippen molar-refractivity contribution in [1.82, 2.24) is 19.8 Å². The molecule has 3 aromatic rings. The van der Waals surface area contributed by atoms with Gasteiger partial charge in [0.1, 0.15) is 0 Å². The number of amides is 2. The number of carbonyl (C=O) groups excluding carboxylic acids is 2. The summed E-state index contributed by atoms with van der Waals surface area (Å²) in [7, 11) is 1.55. The van der Waals surface area contributed by atoms with E-state index in [1.54, 1.807) is 38.2 Å². The molecule has 0 bridgehead atoms. The first-order valence-corrected chi connectivity index (χ1v) is 12.9. The lowest BCUT2D eigenvalue weighted by Gasteiger charge is -2.35. The van der Waals surface area contributed by atoms with E-state index < -0.39 is 11.7 Å². The average Bonchev–Trinajstić information content (AvgIpc) is 2.87. The number of fused-ring (bicyclic) bond motifs is 1. The molecule has 2 N–H and O–H groups in total. The second-order valence-corrected chi connectivity index (χ2v) is 10.4. The molecule has 0 aliphatic carbocycles. The lowest BCUT2D eigenvalue weighted by molar-refractivity contribution is 0.0648. The smallest absolute Gasteiger partial charge is 0.263 e. The number of rotatable bonds is 5. The van der Waals surface area contributed by atoms with Crippen LogP contribution in [-0.2, 0) is 13.0 Å². The third-order valence-electron chi connectivity index (χ3n) is 6.17. The Morgan fingerprint density at radius 1 is 1.19 bits per heavy atom. The molecule has 1 aliphatic rings. The molecule has 2 amide bonds. The first kappa shape index (κ1) is 26.8. The zero-order chi connectivity index (χ0) is 27.0. The SMILES string of the molecule is CNC(=O)c1ccc(-n2c(NC(C)C)nc3c(c2=O)C[C@@H](C)N(C(=O)c2ccc(Br)c(Cl)c2F)C3)cc1. The first-order valence-electron chi connectivity index (χ1n) is 11.7. The molecule has 194 valence electrons. The van der Waals surface area contributed by atoms with Gasteiger partial charge in [-0.3, -0.25) is 14.4 Å². The fourth-order valence-electron chi connectivity index (χ4n) is 4.28. The number of carbonyl (C=O) groups is 2. The van der Waals surface area contributed by atoms with Gasteiger partial charge in [0.2, 0.25) is 5.95 Å². The molecule has 4 rings (SSSR count). The van der Waals surface area contributed by atoms with Crippen LogP contribution in [0.1, 0.15) is 52.7 Å². The highest BCUT2D eigenvalue weighted by Crippen LogP contribution is 2.30. The quantitative estimate of drug-likeness (QED) is 0.425. The molecule has 1 aromatic heterocycles. The van der Waals surface area contributed by atoms with Crippen molar-refractivity contribution in [3.05, 3.63) is 84.4 Å². The monoisotopic (exact) mass is 589 g/mol. The zero-order valence-corrected chi connectivity index (χ0v) is 23.1. The molecule has 0 unspecified atom stereocenters. The third kappa shape index (κ3) is 5.13. The van der Waals surface area contributed by atoms with Crippen LogP contribution in [0, 0.1) is 5.82 Å². The number of anilines is 1. The fourth-order valence-corrected chi connectivity index (χ4v) is 4.75. The van der Waals surface area contributed by atoms with Crippen molar-refractivity contribution >= 4 is 45.3 Å². The molecular weight excluding hydrogens is 565 g/mol. The van der Waals surface area contributed by atoms with Crippen molar-refractivity contribution in [1.29, 1.82) is 0 Å². The van der Waals surface area contributed by atoms with E-state index in [1.807, 2.05) is 13.8 Å². The summed E-state index contributed by atoms with van der Waals surface area (Å²) < 4.78 is 16.6. The van der Waals surface area contributed by atoms with Gasteiger partial charge >= 0.3 is 0 Å². The molecule has 2 aromatic carbocycles. The Morgan fingerprint density at radius 3 is 2.49 bits per heavy atom. The highest BCUT2D eigenvalue weighted by Gasteiger charge is 2.33. The largest absolute Gasteiger partial charge is 0.355 e. The molecule has 1 atom stereocenters. The molecule has 0 saturated carbocycles. The molecule has 0 spiro atoms. The third-order valence-corrected chi connectivity index (χ3v) is 7.43. The zero-order valence-electron chi connectivity index (χ0n) is 20.7. The first-order chi connectivity index (χ1) is 17.5. The molecule has 1 aliphatic heterocycles. The summed E-state index contributed by atoms with van der Waals surface area (Å²) in [6, 6.07) is 9.14. The number of hydrogen-bond donors (Lipinski definition) is 2. The number of halogens is 3. The lowest BCUT2D eigenvalue weighted by Crippen LogP contribution is -2.46. The minimum Gasteiger partial charge on any atom is -0.355 e. The van der Waals surface area contributed by atoms with E-state index in [-0.39, 0.29) is 47.1 Å². The van der Waals surface area contributed by atoms with Gasteiger partial charge in [-0.05, 0) is 79.5 Å². The van der Waals surface area contributed by atoms with Gasteiger partial charge in [0.05, 0.1) is 28.5 Å². The Bertz CT molecular complexity index is 1440. The van der Waals surface area contributed by atoms with Crippen LogP contribution in [-0.4, -0.2) is 45.4 Å². The van der Waals surface area contributed by atoms with Gasteiger partial charge in [0.25, 0.3) is 17.4 Å². The predicted octanol–water partition coefficient (Wildman–Crippen LogP) is 4.55. The molecule has 11 heteroatoms. The molecule has 0 saturated heterocycles. The summed E-state index contributed by atoms with van der Waals surface area (Å²) in [5, 5.41) is 5.62. The summed E-state index contributed by atoms with van der Waals surface area (Å²) in [5.41, 5.74) is 1.53. The molecule has 2 heterocycles. The van der Waals surface area contributed by atoms with E-state index in [1.165, 1.54) is 21.6 Å².